The van der Waals surface area contributed by atoms with E-state index in [1.165, 1.54) is 18.3 Å². The van der Waals surface area contributed by atoms with E-state index in [9.17, 15) is 10.1 Å². The first-order valence-corrected chi connectivity index (χ1v) is 13.1. The summed E-state index contributed by atoms with van der Waals surface area (Å²) in [6.45, 7) is 0. The van der Waals surface area contributed by atoms with E-state index in [1.807, 2.05) is 108 Å². The molecule has 1 heterocycles. The summed E-state index contributed by atoms with van der Waals surface area (Å²) in [5.74, 6) is 0.900. The molecule has 5 aromatic carbocycles. The molecule has 0 fully saturated rings. The van der Waals surface area contributed by atoms with Gasteiger partial charge in [0, 0.05) is 34.6 Å². The second-order valence-corrected chi connectivity index (χ2v) is 9.16. The van der Waals surface area contributed by atoms with Gasteiger partial charge in [-0.2, -0.15) is 20.1 Å². The van der Waals surface area contributed by atoms with Gasteiger partial charge in [-0.15, -0.1) is 0 Å². The molecule has 0 atom stereocenters. The van der Waals surface area contributed by atoms with Crippen LogP contribution < -0.4 is 15.6 Å². The summed E-state index contributed by atoms with van der Waals surface area (Å²) < 4.78 is 0. The van der Waals surface area contributed by atoms with E-state index in [2.05, 4.69) is 20.8 Å². The number of hydrazone groups is 1. The molecular weight excluding hydrogens is 528 g/mol. The average Bonchev–Trinajstić information content (AvgIpc) is 3.03. The molecule has 0 aliphatic carbocycles. The van der Waals surface area contributed by atoms with Gasteiger partial charge in [0.15, 0.2) is 0 Å². The average molecular weight is 553 g/mol. The number of hydrogen-bond acceptors (Lipinski definition) is 9. The lowest BCUT2D eigenvalue weighted by Gasteiger charge is -2.23. The molecule has 2 N–H and O–H groups in total. The third-order valence-corrected chi connectivity index (χ3v) is 6.37. The third kappa shape index (κ3) is 5.87. The smallest absolute Gasteiger partial charge is 0.269 e. The van der Waals surface area contributed by atoms with Crippen LogP contribution in [0.3, 0.4) is 0 Å². The maximum absolute atomic E-state index is 11.0. The Morgan fingerprint density at radius 1 is 0.690 bits per heavy atom. The SMILES string of the molecule is O=[N+]([O-])c1ccc(C=NNc2nc(Nc3cccc4ccccc34)nc(N(c3ccccc3)c3ccccc3)n2)cc1. The van der Waals surface area contributed by atoms with Gasteiger partial charge in [-0.05, 0) is 53.4 Å². The number of nitrogens with zero attached hydrogens (tertiary/aromatic N) is 6. The predicted molar refractivity (Wildman–Crippen MR) is 166 cm³/mol. The molecule has 0 unspecified atom stereocenters. The summed E-state index contributed by atoms with van der Waals surface area (Å²) in [5.41, 5.74) is 6.16. The van der Waals surface area contributed by atoms with Crippen LogP contribution in [0.4, 0.5) is 40.6 Å². The number of hydrogen-bond donors (Lipinski definition) is 2. The van der Waals surface area contributed by atoms with Crippen molar-refractivity contribution in [2.24, 2.45) is 5.10 Å². The normalized spacial score (nSPS) is 11.0. The fourth-order valence-corrected chi connectivity index (χ4v) is 4.41. The zero-order chi connectivity index (χ0) is 28.7. The van der Waals surface area contributed by atoms with Crippen molar-refractivity contribution in [3.63, 3.8) is 0 Å². The van der Waals surface area contributed by atoms with Crippen molar-refractivity contribution in [1.82, 2.24) is 15.0 Å². The molecule has 1 aromatic heterocycles. The summed E-state index contributed by atoms with van der Waals surface area (Å²) in [7, 11) is 0. The van der Waals surface area contributed by atoms with Crippen LogP contribution in [-0.4, -0.2) is 26.1 Å². The minimum absolute atomic E-state index is 0.00767. The van der Waals surface area contributed by atoms with Crippen LogP contribution in [-0.2, 0) is 0 Å². The lowest BCUT2D eigenvalue weighted by atomic mass is 10.1. The zero-order valence-electron chi connectivity index (χ0n) is 22.2. The number of benzene rings is 5. The van der Waals surface area contributed by atoms with Crippen molar-refractivity contribution in [1.29, 1.82) is 0 Å². The molecule has 0 aliphatic rings. The highest BCUT2D eigenvalue weighted by molar-refractivity contribution is 5.95. The van der Waals surface area contributed by atoms with E-state index >= 15 is 0 Å². The Bertz CT molecular complexity index is 1820. The summed E-state index contributed by atoms with van der Waals surface area (Å²) >= 11 is 0. The van der Waals surface area contributed by atoms with Gasteiger partial charge in [0.05, 0.1) is 11.1 Å². The number of nitro benzene ring substituents is 1. The van der Waals surface area contributed by atoms with Crippen molar-refractivity contribution in [2.75, 3.05) is 15.6 Å². The Hall–Kier alpha value is -6.16. The van der Waals surface area contributed by atoms with Gasteiger partial charge < -0.3 is 5.32 Å². The predicted octanol–water partition coefficient (Wildman–Crippen LogP) is 7.59. The van der Waals surface area contributed by atoms with Crippen molar-refractivity contribution >= 4 is 57.6 Å². The molecule has 42 heavy (non-hydrogen) atoms. The fourth-order valence-electron chi connectivity index (χ4n) is 4.41. The van der Waals surface area contributed by atoms with Crippen LogP contribution >= 0.6 is 0 Å². The topological polar surface area (TPSA) is 121 Å². The molecule has 6 aromatic rings. The van der Waals surface area contributed by atoms with E-state index in [4.69, 9.17) is 9.97 Å². The van der Waals surface area contributed by atoms with Crippen LogP contribution in [0, 0.1) is 10.1 Å². The summed E-state index contributed by atoms with van der Waals surface area (Å²) in [6.07, 6.45) is 1.54. The maximum atomic E-state index is 11.0. The first-order chi connectivity index (χ1) is 20.6. The van der Waals surface area contributed by atoms with E-state index < -0.39 is 4.92 Å². The fraction of sp³-hybridized carbons (Fsp3) is 0. The molecule has 0 spiro atoms. The standard InChI is InChI=1S/C32H24N8O2/c41-40(42)27-20-18-23(19-21-27)22-33-38-31-35-30(34-29-17-9-11-24-10-7-8-16-28(24)29)36-32(37-31)39(25-12-3-1-4-13-25)26-14-5-2-6-15-26/h1-22H,(H2,34,35,36,37,38). The van der Waals surface area contributed by atoms with Gasteiger partial charge in [0.25, 0.3) is 5.69 Å². The Labute approximate surface area is 241 Å². The Morgan fingerprint density at radius 3 is 2.00 bits per heavy atom. The van der Waals surface area contributed by atoms with Crippen molar-refractivity contribution in [3.8, 4) is 0 Å². The zero-order valence-corrected chi connectivity index (χ0v) is 22.2. The van der Waals surface area contributed by atoms with E-state index in [0.717, 1.165) is 27.8 Å². The van der Waals surface area contributed by atoms with E-state index in [-0.39, 0.29) is 11.6 Å². The molecule has 204 valence electrons. The molecule has 0 radical (unpaired) electrons. The van der Waals surface area contributed by atoms with Crippen LogP contribution in [0.25, 0.3) is 10.8 Å². The van der Waals surface area contributed by atoms with Gasteiger partial charge in [-0.3, -0.25) is 15.0 Å². The van der Waals surface area contributed by atoms with E-state index in [1.54, 1.807) is 12.1 Å². The van der Waals surface area contributed by atoms with Crippen LogP contribution in [0.1, 0.15) is 5.56 Å². The Balaban J connectivity index is 1.40. The summed E-state index contributed by atoms with van der Waals surface area (Å²) in [4.78, 5) is 26.6. The Morgan fingerprint density at radius 2 is 1.31 bits per heavy atom. The molecule has 10 nitrogen and oxygen atoms in total. The number of nitro groups is 1. The van der Waals surface area contributed by atoms with Gasteiger partial charge in [-0.25, -0.2) is 5.43 Å². The quantitative estimate of drug-likeness (QED) is 0.107. The van der Waals surface area contributed by atoms with Gasteiger partial charge in [0.1, 0.15) is 0 Å². The van der Waals surface area contributed by atoms with Gasteiger partial charge in [-0.1, -0.05) is 72.8 Å². The molecule has 6 rings (SSSR count). The van der Waals surface area contributed by atoms with Crippen molar-refractivity contribution < 1.29 is 4.92 Å². The lowest BCUT2D eigenvalue weighted by molar-refractivity contribution is -0.384. The minimum atomic E-state index is -0.443. The van der Waals surface area contributed by atoms with Gasteiger partial charge >= 0.3 is 0 Å². The molecule has 10 heteroatoms. The third-order valence-electron chi connectivity index (χ3n) is 6.37. The molecular formula is C32H24N8O2. The summed E-state index contributed by atoms with van der Waals surface area (Å²) in [6, 6.07) is 39.8. The number of aromatic nitrogens is 3. The largest absolute Gasteiger partial charge is 0.323 e. The highest BCUT2D eigenvalue weighted by atomic mass is 16.6. The van der Waals surface area contributed by atoms with Crippen LogP contribution in [0.2, 0.25) is 0 Å². The number of fused-ring (bicyclic) bond motifs is 1. The highest BCUT2D eigenvalue weighted by Crippen LogP contribution is 2.33. The summed E-state index contributed by atoms with van der Waals surface area (Å²) in [5, 5.41) is 20.7. The van der Waals surface area contributed by atoms with Crippen molar-refractivity contribution in [2.45, 2.75) is 0 Å². The van der Waals surface area contributed by atoms with Crippen LogP contribution in [0.15, 0.2) is 132 Å². The molecule has 0 saturated heterocycles. The van der Waals surface area contributed by atoms with Gasteiger partial charge in [0.2, 0.25) is 17.8 Å². The highest BCUT2D eigenvalue weighted by Gasteiger charge is 2.18. The second-order valence-electron chi connectivity index (χ2n) is 9.16. The van der Waals surface area contributed by atoms with E-state index in [0.29, 0.717) is 17.5 Å². The number of nitrogens with one attached hydrogen (secondary N) is 2. The van der Waals surface area contributed by atoms with Crippen LogP contribution in [0.5, 0.6) is 0 Å². The molecule has 0 amide bonds. The number of anilines is 6. The monoisotopic (exact) mass is 552 g/mol. The first kappa shape index (κ1) is 26.1. The maximum Gasteiger partial charge on any atom is 0.269 e. The first-order valence-electron chi connectivity index (χ1n) is 13.1. The second kappa shape index (κ2) is 11.9. The number of non-ortho nitro benzene ring substituents is 1. The molecule has 0 bridgehead atoms. The molecule has 0 saturated carbocycles. The minimum Gasteiger partial charge on any atom is -0.323 e. The van der Waals surface area contributed by atoms with Crippen molar-refractivity contribution in [3.05, 3.63) is 143 Å². The Kier molecular flexibility index (Phi) is 7.41. The molecule has 0 aliphatic heterocycles. The number of rotatable bonds is 9. The number of para-hydroxylation sites is 2. The lowest BCUT2D eigenvalue weighted by Crippen LogP contribution is -2.16.